The van der Waals surface area contributed by atoms with Crippen LogP contribution in [0.5, 0.6) is 5.75 Å². The van der Waals surface area contributed by atoms with Gasteiger partial charge in [-0.25, -0.2) is 4.39 Å². The molecule has 0 spiro atoms. The van der Waals surface area contributed by atoms with Crippen molar-refractivity contribution < 1.29 is 18.8 Å². The zero-order valence-electron chi connectivity index (χ0n) is 10.7. The molecule has 1 aliphatic rings. The molecule has 0 atom stereocenters. The van der Waals surface area contributed by atoms with E-state index in [4.69, 9.17) is 9.47 Å². The predicted molar refractivity (Wildman–Crippen MR) is 67.5 cm³/mol. The Balaban J connectivity index is 1.52. The van der Waals surface area contributed by atoms with E-state index in [9.17, 15) is 4.39 Å². The van der Waals surface area contributed by atoms with E-state index in [-0.39, 0.29) is 5.82 Å². The third kappa shape index (κ3) is 4.27. The van der Waals surface area contributed by atoms with Crippen LogP contribution >= 0.6 is 0 Å². The van der Waals surface area contributed by atoms with Crippen LogP contribution < -0.4 is 9.64 Å². The highest BCUT2D eigenvalue weighted by Gasteiger charge is 2.14. The van der Waals surface area contributed by atoms with Gasteiger partial charge >= 0.3 is 0 Å². The fraction of sp³-hybridized carbons (Fsp3) is 0.571. The van der Waals surface area contributed by atoms with Crippen LogP contribution in [0.2, 0.25) is 0 Å². The maximum Gasteiger partial charge on any atom is 0.165 e. The van der Waals surface area contributed by atoms with Crippen LogP contribution in [0.3, 0.4) is 0 Å². The number of hydrogen-bond acceptors (Lipinski definition) is 2. The summed E-state index contributed by atoms with van der Waals surface area (Å²) < 4.78 is 24.0. The molecule has 2 rings (SSSR count). The number of para-hydroxylation sites is 1. The van der Waals surface area contributed by atoms with E-state index in [0.717, 1.165) is 13.2 Å². The summed E-state index contributed by atoms with van der Waals surface area (Å²) in [4.78, 5) is 1.63. The Hall–Kier alpha value is -1.13. The maximum atomic E-state index is 13.2. The predicted octanol–water partition coefficient (Wildman–Crippen LogP) is 0.900. The Bertz CT molecular complexity index is 353. The lowest BCUT2D eigenvalue weighted by Crippen LogP contribution is -3.10. The largest absolute Gasteiger partial charge is 0.488 e. The summed E-state index contributed by atoms with van der Waals surface area (Å²) in [5, 5.41) is 0. The number of benzene rings is 1. The van der Waals surface area contributed by atoms with Gasteiger partial charge in [-0.2, -0.15) is 0 Å². The van der Waals surface area contributed by atoms with Crippen molar-refractivity contribution in [1.29, 1.82) is 0 Å². The average molecular weight is 254 g/mol. The average Bonchev–Trinajstić information content (AvgIpc) is 2.89. The van der Waals surface area contributed by atoms with Crippen molar-refractivity contribution in [3.63, 3.8) is 0 Å². The van der Waals surface area contributed by atoms with Gasteiger partial charge in [-0.1, -0.05) is 12.1 Å². The molecule has 0 aliphatic carbocycles. The second kappa shape index (κ2) is 7.34. The van der Waals surface area contributed by atoms with Gasteiger partial charge in [-0.3, -0.25) is 0 Å². The third-order valence-corrected chi connectivity index (χ3v) is 3.23. The fourth-order valence-corrected chi connectivity index (χ4v) is 2.22. The number of quaternary nitrogens is 1. The van der Waals surface area contributed by atoms with Crippen molar-refractivity contribution in [3.8, 4) is 5.75 Å². The number of nitrogens with one attached hydrogen (secondary N) is 1. The lowest BCUT2D eigenvalue weighted by atomic mass is 10.3. The second-order valence-electron chi connectivity index (χ2n) is 4.60. The van der Waals surface area contributed by atoms with Crippen molar-refractivity contribution in [3.05, 3.63) is 30.1 Å². The number of hydrogen-bond donors (Lipinski definition) is 1. The molecule has 0 saturated carbocycles. The van der Waals surface area contributed by atoms with E-state index in [2.05, 4.69) is 0 Å². The number of likely N-dealkylation sites (tertiary alicyclic amines) is 1. The van der Waals surface area contributed by atoms with Gasteiger partial charge in [0.15, 0.2) is 11.6 Å². The van der Waals surface area contributed by atoms with Gasteiger partial charge < -0.3 is 14.4 Å². The molecule has 1 saturated heterocycles. The van der Waals surface area contributed by atoms with E-state index in [1.54, 1.807) is 23.1 Å². The topological polar surface area (TPSA) is 22.9 Å². The zero-order chi connectivity index (χ0) is 12.6. The first-order chi connectivity index (χ1) is 8.86. The molecule has 1 aromatic carbocycles. The molecule has 1 fully saturated rings. The Labute approximate surface area is 107 Å². The van der Waals surface area contributed by atoms with Gasteiger partial charge in [-0.15, -0.1) is 0 Å². The van der Waals surface area contributed by atoms with Crippen LogP contribution in [0.25, 0.3) is 0 Å². The first-order valence-corrected chi connectivity index (χ1v) is 6.65. The highest BCUT2D eigenvalue weighted by atomic mass is 19.1. The van der Waals surface area contributed by atoms with Crippen LogP contribution in [0, 0.1) is 5.82 Å². The van der Waals surface area contributed by atoms with Gasteiger partial charge in [0, 0.05) is 12.8 Å². The van der Waals surface area contributed by atoms with Crippen LogP contribution in [-0.4, -0.2) is 39.5 Å². The highest BCUT2D eigenvalue weighted by molar-refractivity contribution is 5.23. The molecule has 1 aromatic rings. The summed E-state index contributed by atoms with van der Waals surface area (Å²) in [6.07, 6.45) is 2.68. The van der Waals surface area contributed by atoms with Crippen molar-refractivity contribution in [1.82, 2.24) is 0 Å². The lowest BCUT2D eigenvalue weighted by Gasteiger charge is -2.12. The molecule has 0 unspecified atom stereocenters. The first-order valence-electron chi connectivity index (χ1n) is 6.65. The summed E-state index contributed by atoms with van der Waals surface area (Å²) in [5.74, 6) is -0.0229. The minimum absolute atomic E-state index is 0.297. The Morgan fingerprint density at radius 2 is 1.83 bits per heavy atom. The summed E-state index contributed by atoms with van der Waals surface area (Å²) in [7, 11) is 0. The normalized spacial score (nSPS) is 16.1. The molecule has 18 heavy (non-hydrogen) atoms. The molecular formula is C14H21FNO2+. The number of ether oxygens (including phenoxy) is 2. The molecule has 0 aromatic heterocycles. The van der Waals surface area contributed by atoms with Gasteiger partial charge in [0.1, 0.15) is 13.2 Å². The highest BCUT2D eigenvalue weighted by Crippen LogP contribution is 2.14. The van der Waals surface area contributed by atoms with Crippen molar-refractivity contribution in [2.45, 2.75) is 12.8 Å². The number of halogens is 1. The molecule has 1 aliphatic heterocycles. The van der Waals surface area contributed by atoms with Gasteiger partial charge in [0.05, 0.1) is 26.3 Å². The molecule has 3 nitrogen and oxygen atoms in total. The van der Waals surface area contributed by atoms with Crippen molar-refractivity contribution in [2.75, 3.05) is 39.5 Å². The summed E-state index contributed by atoms with van der Waals surface area (Å²) in [6, 6.07) is 6.43. The van der Waals surface area contributed by atoms with Crippen molar-refractivity contribution in [2.24, 2.45) is 0 Å². The first kappa shape index (κ1) is 13.3. The molecule has 100 valence electrons. The standard InChI is InChI=1S/C14H20FNO2/c15-13-5-1-2-6-14(13)18-12-11-17-10-9-16-7-3-4-8-16/h1-2,5-6H,3-4,7-12H2/p+1. The van der Waals surface area contributed by atoms with Gasteiger partial charge in [-0.05, 0) is 12.1 Å². The van der Waals surface area contributed by atoms with Crippen LogP contribution in [-0.2, 0) is 4.74 Å². The lowest BCUT2D eigenvalue weighted by molar-refractivity contribution is -0.887. The molecule has 0 amide bonds. The molecule has 0 bridgehead atoms. The Kier molecular flexibility index (Phi) is 5.42. The summed E-state index contributed by atoms with van der Waals surface area (Å²) in [6.45, 7) is 5.29. The molecular weight excluding hydrogens is 233 g/mol. The minimum atomic E-state index is -0.320. The summed E-state index contributed by atoms with van der Waals surface area (Å²) in [5.41, 5.74) is 0. The minimum Gasteiger partial charge on any atom is -0.488 e. The fourth-order valence-electron chi connectivity index (χ4n) is 2.22. The third-order valence-electron chi connectivity index (χ3n) is 3.23. The van der Waals surface area contributed by atoms with E-state index >= 15 is 0 Å². The van der Waals surface area contributed by atoms with Gasteiger partial charge in [0.25, 0.3) is 0 Å². The Morgan fingerprint density at radius 1 is 1.06 bits per heavy atom. The van der Waals surface area contributed by atoms with E-state index in [1.165, 1.54) is 32.0 Å². The van der Waals surface area contributed by atoms with E-state index in [1.807, 2.05) is 0 Å². The monoisotopic (exact) mass is 254 g/mol. The van der Waals surface area contributed by atoms with E-state index in [0.29, 0.717) is 19.0 Å². The van der Waals surface area contributed by atoms with Crippen LogP contribution in [0.4, 0.5) is 4.39 Å². The quantitative estimate of drug-likeness (QED) is 0.731. The van der Waals surface area contributed by atoms with E-state index < -0.39 is 0 Å². The SMILES string of the molecule is Fc1ccccc1OCCOCC[NH+]1CCCC1. The smallest absolute Gasteiger partial charge is 0.165 e. The maximum absolute atomic E-state index is 13.2. The Morgan fingerprint density at radius 3 is 2.61 bits per heavy atom. The molecule has 4 heteroatoms. The molecule has 1 N–H and O–H groups in total. The van der Waals surface area contributed by atoms with Crippen LogP contribution in [0.1, 0.15) is 12.8 Å². The van der Waals surface area contributed by atoms with Gasteiger partial charge in [0.2, 0.25) is 0 Å². The second-order valence-corrected chi connectivity index (χ2v) is 4.60. The van der Waals surface area contributed by atoms with Crippen molar-refractivity contribution >= 4 is 0 Å². The number of rotatable bonds is 7. The zero-order valence-corrected chi connectivity index (χ0v) is 10.7. The molecule has 0 radical (unpaired) electrons. The van der Waals surface area contributed by atoms with Crippen LogP contribution in [0.15, 0.2) is 24.3 Å². The molecule has 1 heterocycles. The summed E-state index contributed by atoms with van der Waals surface area (Å²) >= 11 is 0.